The van der Waals surface area contributed by atoms with Crippen molar-refractivity contribution in [2.75, 3.05) is 0 Å². The molecule has 2 fully saturated rings. The molecule has 0 aromatic heterocycles. The Morgan fingerprint density at radius 2 is 1.47 bits per heavy atom. The molecule has 1 nitrogen and oxygen atoms in total. The fourth-order valence-corrected chi connectivity index (χ4v) is 6.29. The summed E-state index contributed by atoms with van der Waals surface area (Å²) in [5.74, 6) is 1.52. The third kappa shape index (κ3) is 5.90. The molecule has 2 aliphatic carbocycles. The third-order valence-electron chi connectivity index (χ3n) is 8.37. The molecule has 0 bridgehead atoms. The van der Waals surface area contributed by atoms with E-state index >= 15 is 0 Å². The minimum atomic E-state index is -0.947. The lowest BCUT2D eigenvalue weighted by Gasteiger charge is -2.38. The van der Waals surface area contributed by atoms with Gasteiger partial charge in [0.15, 0.2) is 11.6 Å². The average Bonchev–Trinajstić information content (AvgIpc) is 2.89. The molecule has 0 radical (unpaired) electrons. The maximum Gasteiger partial charge on any atom is 0.201 e. The molecular weight excluding hydrogens is 426 g/mol. The van der Waals surface area contributed by atoms with Crippen LogP contribution in [0, 0.1) is 29.4 Å². The van der Waals surface area contributed by atoms with E-state index in [0.29, 0.717) is 11.5 Å². The Kier molecular flexibility index (Phi) is 8.80. The van der Waals surface area contributed by atoms with E-state index in [1.807, 2.05) is 12.1 Å². The van der Waals surface area contributed by atoms with Crippen LogP contribution in [0.15, 0.2) is 48.7 Å². The Bertz CT molecular complexity index is 933. The van der Waals surface area contributed by atoms with Gasteiger partial charge in [-0.3, -0.25) is 0 Å². The van der Waals surface area contributed by atoms with Crippen molar-refractivity contribution >= 4 is 0 Å². The van der Waals surface area contributed by atoms with Gasteiger partial charge in [0.1, 0.15) is 0 Å². The second-order valence-electron chi connectivity index (χ2n) is 10.5. The summed E-state index contributed by atoms with van der Waals surface area (Å²) in [6, 6.07) is 11.2. The molecule has 0 aliphatic heterocycles. The molecule has 184 valence electrons. The zero-order chi connectivity index (χ0) is 23.9. The number of unbranched alkanes of at least 4 members (excludes halogenated alkanes) is 1. The van der Waals surface area contributed by atoms with Crippen molar-refractivity contribution in [2.45, 2.75) is 90.4 Å². The first-order chi connectivity index (χ1) is 16.6. The highest BCUT2D eigenvalue weighted by atomic mass is 19.2. The van der Waals surface area contributed by atoms with Gasteiger partial charge >= 0.3 is 0 Å². The molecule has 0 saturated heterocycles. The molecule has 3 heteroatoms. The van der Waals surface area contributed by atoms with E-state index in [1.165, 1.54) is 88.5 Å². The SMILES string of the molecule is CC=COc1ccc(-c2ccc(C3CCC(C4CCC(CCCC)CC4)CC3)cc2)c(F)c1F. The quantitative estimate of drug-likeness (QED) is 0.352. The zero-order valence-corrected chi connectivity index (χ0v) is 20.9. The summed E-state index contributed by atoms with van der Waals surface area (Å²) in [6.07, 6.45) is 18.1. The lowest BCUT2D eigenvalue weighted by Crippen LogP contribution is -2.25. The third-order valence-corrected chi connectivity index (χ3v) is 8.37. The zero-order valence-electron chi connectivity index (χ0n) is 20.9. The van der Waals surface area contributed by atoms with Crippen molar-refractivity contribution < 1.29 is 13.5 Å². The second kappa shape index (κ2) is 12.0. The van der Waals surface area contributed by atoms with Crippen LogP contribution in [0.5, 0.6) is 5.75 Å². The van der Waals surface area contributed by atoms with Gasteiger partial charge in [0.25, 0.3) is 0 Å². The van der Waals surface area contributed by atoms with E-state index in [-0.39, 0.29) is 11.3 Å². The summed E-state index contributed by atoms with van der Waals surface area (Å²) >= 11 is 0. The van der Waals surface area contributed by atoms with Crippen molar-refractivity contribution in [3.8, 4) is 16.9 Å². The van der Waals surface area contributed by atoms with E-state index in [4.69, 9.17) is 4.74 Å². The number of halogens is 2. The van der Waals surface area contributed by atoms with Gasteiger partial charge in [0, 0.05) is 5.56 Å². The highest BCUT2D eigenvalue weighted by Crippen LogP contribution is 2.44. The molecule has 2 aromatic carbocycles. The number of allylic oxidation sites excluding steroid dienone is 1. The second-order valence-corrected chi connectivity index (χ2v) is 10.5. The van der Waals surface area contributed by atoms with Crippen molar-refractivity contribution in [3.05, 3.63) is 65.9 Å². The van der Waals surface area contributed by atoms with Gasteiger partial charge in [-0.05, 0) is 92.4 Å². The lowest BCUT2D eigenvalue weighted by molar-refractivity contribution is 0.156. The van der Waals surface area contributed by atoms with E-state index in [9.17, 15) is 8.78 Å². The number of ether oxygens (including phenoxy) is 1. The van der Waals surface area contributed by atoms with Gasteiger partial charge in [0.05, 0.1) is 6.26 Å². The lowest BCUT2D eigenvalue weighted by atomic mass is 9.68. The Labute approximate surface area is 204 Å². The fraction of sp³-hybridized carbons (Fsp3) is 0.548. The van der Waals surface area contributed by atoms with Crippen LogP contribution in [0.4, 0.5) is 8.78 Å². The first-order valence-corrected chi connectivity index (χ1v) is 13.5. The van der Waals surface area contributed by atoms with E-state index in [2.05, 4.69) is 19.1 Å². The Balaban J connectivity index is 1.32. The number of rotatable bonds is 8. The van der Waals surface area contributed by atoms with Gasteiger partial charge in [-0.15, -0.1) is 0 Å². The summed E-state index contributed by atoms with van der Waals surface area (Å²) < 4.78 is 34.2. The topological polar surface area (TPSA) is 9.23 Å². The normalized spacial score (nSPS) is 25.5. The van der Waals surface area contributed by atoms with Crippen LogP contribution in [-0.4, -0.2) is 0 Å². The highest BCUT2D eigenvalue weighted by Gasteiger charge is 2.31. The summed E-state index contributed by atoms with van der Waals surface area (Å²) in [5.41, 5.74) is 2.31. The molecular formula is C31H40F2O. The van der Waals surface area contributed by atoms with Crippen molar-refractivity contribution in [1.82, 2.24) is 0 Å². The van der Waals surface area contributed by atoms with Crippen molar-refractivity contribution in [2.24, 2.45) is 17.8 Å². The van der Waals surface area contributed by atoms with Crippen LogP contribution in [0.2, 0.25) is 0 Å². The standard InChI is InChI=1S/C31H40F2O/c1-3-5-6-22-7-9-23(10-8-22)24-11-13-25(14-12-24)26-15-17-27(18-16-26)28-19-20-29(34-21-4-2)31(33)30(28)32/h4,15-25H,3,5-14H2,1-2H3. The highest BCUT2D eigenvalue weighted by molar-refractivity contribution is 5.65. The van der Waals surface area contributed by atoms with Gasteiger partial charge < -0.3 is 4.74 Å². The molecule has 0 amide bonds. The van der Waals surface area contributed by atoms with Crippen molar-refractivity contribution in [3.63, 3.8) is 0 Å². The molecule has 0 N–H and O–H groups in total. The van der Waals surface area contributed by atoms with Gasteiger partial charge in [-0.2, -0.15) is 4.39 Å². The van der Waals surface area contributed by atoms with Crippen LogP contribution in [0.3, 0.4) is 0 Å². The van der Waals surface area contributed by atoms with Gasteiger partial charge in [0.2, 0.25) is 5.82 Å². The van der Waals surface area contributed by atoms with Crippen LogP contribution in [0.1, 0.15) is 96.0 Å². The Hall–Kier alpha value is -2.16. The molecule has 34 heavy (non-hydrogen) atoms. The van der Waals surface area contributed by atoms with Crippen LogP contribution in [0.25, 0.3) is 11.1 Å². The van der Waals surface area contributed by atoms with Gasteiger partial charge in [-0.25, -0.2) is 4.39 Å². The Morgan fingerprint density at radius 3 is 2.09 bits per heavy atom. The molecule has 2 aliphatic rings. The largest absolute Gasteiger partial charge is 0.462 e. The van der Waals surface area contributed by atoms with E-state index in [0.717, 1.165) is 17.8 Å². The van der Waals surface area contributed by atoms with E-state index < -0.39 is 11.6 Å². The monoisotopic (exact) mass is 466 g/mol. The van der Waals surface area contributed by atoms with Crippen LogP contribution in [-0.2, 0) is 0 Å². The summed E-state index contributed by atoms with van der Waals surface area (Å²) in [5, 5.41) is 0. The number of hydrogen-bond donors (Lipinski definition) is 0. The summed E-state index contributed by atoms with van der Waals surface area (Å²) in [4.78, 5) is 0. The molecule has 2 saturated carbocycles. The number of hydrogen-bond acceptors (Lipinski definition) is 1. The maximum absolute atomic E-state index is 14.7. The predicted molar refractivity (Wildman–Crippen MR) is 137 cm³/mol. The van der Waals surface area contributed by atoms with Gasteiger partial charge in [-0.1, -0.05) is 69.4 Å². The first-order valence-electron chi connectivity index (χ1n) is 13.5. The summed E-state index contributed by atoms with van der Waals surface area (Å²) in [6.45, 7) is 4.06. The minimum absolute atomic E-state index is 0.0952. The molecule has 0 spiro atoms. The van der Waals surface area contributed by atoms with Crippen LogP contribution < -0.4 is 4.74 Å². The first kappa shape index (κ1) is 24.9. The molecule has 2 aromatic rings. The van der Waals surface area contributed by atoms with E-state index in [1.54, 1.807) is 19.1 Å². The Morgan fingerprint density at radius 1 is 0.824 bits per heavy atom. The average molecular weight is 467 g/mol. The predicted octanol–water partition coefficient (Wildman–Crippen LogP) is 9.81. The smallest absolute Gasteiger partial charge is 0.201 e. The molecule has 0 unspecified atom stereocenters. The maximum atomic E-state index is 14.7. The number of benzene rings is 2. The molecule has 0 atom stereocenters. The summed E-state index contributed by atoms with van der Waals surface area (Å²) in [7, 11) is 0. The minimum Gasteiger partial charge on any atom is -0.462 e. The molecule has 4 rings (SSSR count). The van der Waals surface area contributed by atoms with Crippen molar-refractivity contribution in [1.29, 1.82) is 0 Å². The fourth-order valence-electron chi connectivity index (χ4n) is 6.29. The molecule has 0 heterocycles. The van der Waals surface area contributed by atoms with Crippen LogP contribution >= 0.6 is 0 Å².